The first-order valence-electron chi connectivity index (χ1n) is 7.87. The highest BCUT2D eigenvalue weighted by Gasteiger charge is 2.09. The maximum atomic E-state index is 12.7. The van der Waals surface area contributed by atoms with E-state index in [1.165, 1.54) is 23.5 Å². The molecule has 1 heterocycles. The van der Waals surface area contributed by atoms with Crippen molar-refractivity contribution in [3.63, 3.8) is 0 Å². The van der Waals surface area contributed by atoms with Gasteiger partial charge in [-0.1, -0.05) is 6.07 Å². The number of nitrogens with one attached hydrogen (secondary N) is 1. The van der Waals surface area contributed by atoms with Gasteiger partial charge in [0.05, 0.1) is 11.5 Å². The van der Waals surface area contributed by atoms with Gasteiger partial charge in [0.2, 0.25) is 5.91 Å². The van der Waals surface area contributed by atoms with Gasteiger partial charge in [0.1, 0.15) is 11.6 Å². The van der Waals surface area contributed by atoms with Gasteiger partial charge in [0.15, 0.2) is 5.78 Å². The Morgan fingerprint density at radius 2 is 1.88 bits per heavy atom. The van der Waals surface area contributed by atoms with E-state index in [2.05, 4.69) is 5.32 Å². The molecule has 0 atom stereocenters. The quantitative estimate of drug-likeness (QED) is 0.524. The molecular weight excluding hydrogens is 329 g/mol. The summed E-state index contributed by atoms with van der Waals surface area (Å²) in [5.74, 6) is 0.238. The SMILES string of the molecule is O=C(CCC(=O)c1cccs1)NCCCCOc1ccc(F)cc1. The van der Waals surface area contributed by atoms with E-state index in [-0.39, 0.29) is 30.3 Å². The fourth-order valence-electron chi connectivity index (χ4n) is 2.05. The minimum atomic E-state index is -0.289. The molecule has 1 aromatic carbocycles. The van der Waals surface area contributed by atoms with E-state index >= 15 is 0 Å². The summed E-state index contributed by atoms with van der Waals surface area (Å²) in [6, 6.07) is 9.47. The van der Waals surface area contributed by atoms with Crippen LogP contribution in [0, 0.1) is 5.82 Å². The molecular formula is C18H20FNO3S. The first-order valence-corrected chi connectivity index (χ1v) is 8.75. The summed E-state index contributed by atoms with van der Waals surface area (Å²) >= 11 is 1.39. The van der Waals surface area contributed by atoms with Gasteiger partial charge in [0, 0.05) is 19.4 Å². The molecule has 0 unspecified atom stereocenters. The van der Waals surface area contributed by atoms with Gasteiger partial charge in [-0.3, -0.25) is 9.59 Å². The zero-order valence-electron chi connectivity index (χ0n) is 13.3. The third kappa shape index (κ3) is 6.50. The standard InChI is InChI=1S/C18H20FNO3S/c19-14-5-7-15(8-6-14)23-12-2-1-11-20-18(22)10-9-16(21)17-4-3-13-24-17/h3-8,13H,1-2,9-12H2,(H,20,22). The highest BCUT2D eigenvalue weighted by molar-refractivity contribution is 7.12. The van der Waals surface area contributed by atoms with Crippen LogP contribution in [0.5, 0.6) is 5.75 Å². The second kappa shape index (κ2) is 9.82. The van der Waals surface area contributed by atoms with Gasteiger partial charge in [-0.2, -0.15) is 0 Å². The molecule has 0 saturated heterocycles. The van der Waals surface area contributed by atoms with Crippen LogP contribution in [0.3, 0.4) is 0 Å². The lowest BCUT2D eigenvalue weighted by molar-refractivity contribution is -0.121. The van der Waals surface area contributed by atoms with Crippen LogP contribution < -0.4 is 10.1 Å². The number of rotatable bonds is 10. The van der Waals surface area contributed by atoms with Gasteiger partial charge in [0.25, 0.3) is 0 Å². The Labute approximate surface area is 144 Å². The lowest BCUT2D eigenvalue weighted by atomic mass is 10.2. The Bertz CT molecular complexity index is 641. The van der Waals surface area contributed by atoms with Crippen molar-refractivity contribution in [1.29, 1.82) is 0 Å². The number of carbonyl (C=O) groups excluding carboxylic acids is 2. The predicted octanol–water partition coefficient (Wildman–Crippen LogP) is 3.83. The van der Waals surface area contributed by atoms with Crippen molar-refractivity contribution < 1.29 is 18.7 Å². The molecule has 1 amide bonds. The first kappa shape index (κ1) is 18.1. The number of thiophene rings is 1. The molecule has 0 fully saturated rings. The number of ketones is 1. The Morgan fingerprint density at radius 3 is 2.58 bits per heavy atom. The largest absolute Gasteiger partial charge is 0.494 e. The molecule has 1 aromatic heterocycles. The Kier molecular flexibility index (Phi) is 7.42. The third-order valence-corrected chi connectivity index (χ3v) is 4.26. The van der Waals surface area contributed by atoms with Gasteiger partial charge >= 0.3 is 0 Å². The lowest BCUT2D eigenvalue weighted by Gasteiger charge is -2.07. The van der Waals surface area contributed by atoms with E-state index < -0.39 is 0 Å². The summed E-state index contributed by atoms with van der Waals surface area (Å²) in [4.78, 5) is 24.1. The summed E-state index contributed by atoms with van der Waals surface area (Å²) in [6.07, 6.45) is 2.01. The van der Waals surface area contributed by atoms with E-state index in [0.29, 0.717) is 23.8 Å². The second-order valence-corrected chi connectivity index (χ2v) is 6.21. The van der Waals surface area contributed by atoms with E-state index in [1.54, 1.807) is 18.2 Å². The monoisotopic (exact) mass is 349 g/mol. The minimum absolute atomic E-state index is 0.00727. The van der Waals surface area contributed by atoms with Crippen LogP contribution >= 0.6 is 11.3 Å². The lowest BCUT2D eigenvalue weighted by Crippen LogP contribution is -2.25. The molecule has 2 aromatic rings. The number of amides is 1. The zero-order valence-corrected chi connectivity index (χ0v) is 14.1. The van der Waals surface area contributed by atoms with Gasteiger partial charge in [-0.15, -0.1) is 11.3 Å². The molecule has 24 heavy (non-hydrogen) atoms. The van der Waals surface area contributed by atoms with Crippen LogP contribution in [-0.2, 0) is 4.79 Å². The smallest absolute Gasteiger partial charge is 0.220 e. The summed E-state index contributed by atoms with van der Waals surface area (Å²) in [6.45, 7) is 1.07. The fourth-order valence-corrected chi connectivity index (χ4v) is 2.75. The number of halogens is 1. The highest BCUT2D eigenvalue weighted by Crippen LogP contribution is 2.12. The van der Waals surface area contributed by atoms with Crippen LogP contribution in [0.4, 0.5) is 4.39 Å². The van der Waals surface area contributed by atoms with Crippen LogP contribution in [0.15, 0.2) is 41.8 Å². The first-order chi connectivity index (χ1) is 11.6. The number of Topliss-reactive ketones (excluding diaryl/α,β-unsaturated/α-hetero) is 1. The molecule has 1 N–H and O–H groups in total. The molecule has 0 bridgehead atoms. The van der Waals surface area contributed by atoms with Crippen LogP contribution in [0.25, 0.3) is 0 Å². The van der Waals surface area contributed by atoms with Gasteiger partial charge in [-0.25, -0.2) is 4.39 Å². The summed E-state index contributed by atoms with van der Waals surface area (Å²) in [5, 5.41) is 4.65. The summed E-state index contributed by atoms with van der Waals surface area (Å²) in [7, 11) is 0. The van der Waals surface area contributed by atoms with Crippen molar-refractivity contribution in [2.24, 2.45) is 0 Å². The molecule has 6 heteroatoms. The third-order valence-electron chi connectivity index (χ3n) is 3.35. The van der Waals surface area contributed by atoms with Crippen molar-refractivity contribution in [3.05, 3.63) is 52.5 Å². The highest BCUT2D eigenvalue weighted by atomic mass is 32.1. The molecule has 0 spiro atoms. The Morgan fingerprint density at radius 1 is 1.08 bits per heavy atom. The van der Waals surface area contributed by atoms with Gasteiger partial charge in [-0.05, 0) is 48.6 Å². The van der Waals surface area contributed by atoms with Crippen molar-refractivity contribution in [2.75, 3.05) is 13.2 Å². The van der Waals surface area contributed by atoms with Crippen LogP contribution in [0.2, 0.25) is 0 Å². The molecule has 2 rings (SSSR count). The summed E-state index contributed by atoms with van der Waals surface area (Å²) < 4.78 is 18.2. The number of ether oxygens (including phenoxy) is 1. The molecule has 0 radical (unpaired) electrons. The Balaban J connectivity index is 1.50. The molecule has 0 aliphatic heterocycles. The molecule has 128 valence electrons. The van der Waals surface area contributed by atoms with E-state index in [9.17, 15) is 14.0 Å². The molecule has 0 aliphatic rings. The van der Waals surface area contributed by atoms with Crippen molar-refractivity contribution in [1.82, 2.24) is 5.32 Å². The molecule has 0 saturated carbocycles. The number of unbranched alkanes of at least 4 members (excludes halogenated alkanes) is 1. The second-order valence-electron chi connectivity index (χ2n) is 5.26. The van der Waals surface area contributed by atoms with Crippen LogP contribution in [0.1, 0.15) is 35.4 Å². The fraction of sp³-hybridized carbons (Fsp3) is 0.333. The Hall–Kier alpha value is -2.21. The maximum Gasteiger partial charge on any atom is 0.220 e. The normalized spacial score (nSPS) is 10.4. The summed E-state index contributed by atoms with van der Waals surface area (Å²) in [5.41, 5.74) is 0. The zero-order chi connectivity index (χ0) is 17.2. The van der Waals surface area contributed by atoms with E-state index in [4.69, 9.17) is 4.74 Å². The molecule has 0 aliphatic carbocycles. The maximum absolute atomic E-state index is 12.7. The average molecular weight is 349 g/mol. The van der Waals surface area contributed by atoms with E-state index in [0.717, 1.165) is 12.8 Å². The topological polar surface area (TPSA) is 55.4 Å². The van der Waals surface area contributed by atoms with Crippen molar-refractivity contribution in [2.45, 2.75) is 25.7 Å². The average Bonchev–Trinajstić information content (AvgIpc) is 3.12. The van der Waals surface area contributed by atoms with Crippen LogP contribution in [-0.4, -0.2) is 24.8 Å². The molecule has 4 nitrogen and oxygen atoms in total. The predicted molar refractivity (Wildman–Crippen MR) is 92.0 cm³/mol. The van der Waals surface area contributed by atoms with Crippen molar-refractivity contribution >= 4 is 23.0 Å². The van der Waals surface area contributed by atoms with Crippen molar-refractivity contribution in [3.8, 4) is 5.75 Å². The number of hydrogen-bond acceptors (Lipinski definition) is 4. The van der Waals surface area contributed by atoms with E-state index in [1.807, 2.05) is 11.4 Å². The van der Waals surface area contributed by atoms with Gasteiger partial charge < -0.3 is 10.1 Å². The minimum Gasteiger partial charge on any atom is -0.494 e. The number of benzene rings is 1. The number of carbonyl (C=O) groups is 2. The number of hydrogen-bond donors (Lipinski definition) is 1.